The third kappa shape index (κ3) is 2.06. The predicted octanol–water partition coefficient (Wildman–Crippen LogP) is 1.19. The summed E-state index contributed by atoms with van der Waals surface area (Å²) < 4.78 is 29.4. The van der Waals surface area contributed by atoms with E-state index in [-0.39, 0.29) is 11.5 Å². The Morgan fingerprint density at radius 1 is 1.32 bits per heavy atom. The standard InChI is InChI=1S/C15H24N4O2S/c1-18-9-13(14(17-18)11-4-2-3-5-11)22(20,21)19-8-12-6-7-15(12,16)10-19/h9,11-12H,2-8,10,16H2,1H3/t12-,15-/m0/s1. The molecule has 6 nitrogen and oxygen atoms in total. The molecule has 1 aromatic heterocycles. The van der Waals surface area contributed by atoms with Crippen LogP contribution in [0.25, 0.3) is 0 Å². The molecule has 2 N–H and O–H groups in total. The van der Waals surface area contributed by atoms with Crippen molar-refractivity contribution in [3.8, 4) is 0 Å². The minimum atomic E-state index is -3.48. The van der Waals surface area contributed by atoms with Gasteiger partial charge in [0.2, 0.25) is 10.0 Å². The first kappa shape index (κ1) is 14.7. The molecule has 2 saturated carbocycles. The third-order valence-electron chi connectivity index (χ3n) is 5.85. The van der Waals surface area contributed by atoms with Gasteiger partial charge in [0.25, 0.3) is 0 Å². The van der Waals surface area contributed by atoms with Gasteiger partial charge in [0, 0.05) is 37.8 Å². The highest BCUT2D eigenvalue weighted by Gasteiger charge is 2.53. The van der Waals surface area contributed by atoms with Crippen molar-refractivity contribution in [1.29, 1.82) is 0 Å². The Labute approximate surface area is 131 Å². The van der Waals surface area contributed by atoms with Gasteiger partial charge in [-0.3, -0.25) is 4.68 Å². The van der Waals surface area contributed by atoms with E-state index in [9.17, 15) is 8.42 Å². The van der Waals surface area contributed by atoms with Crippen molar-refractivity contribution < 1.29 is 8.42 Å². The Morgan fingerprint density at radius 2 is 2.05 bits per heavy atom. The van der Waals surface area contributed by atoms with Crippen molar-refractivity contribution in [1.82, 2.24) is 14.1 Å². The van der Waals surface area contributed by atoms with Crippen molar-refractivity contribution in [3.05, 3.63) is 11.9 Å². The van der Waals surface area contributed by atoms with Crippen LogP contribution in [0.5, 0.6) is 0 Å². The Morgan fingerprint density at radius 3 is 2.59 bits per heavy atom. The van der Waals surface area contributed by atoms with Crippen molar-refractivity contribution in [2.45, 2.75) is 54.9 Å². The number of rotatable bonds is 3. The van der Waals surface area contributed by atoms with E-state index in [1.807, 2.05) is 0 Å². The fraction of sp³-hybridized carbons (Fsp3) is 0.800. The van der Waals surface area contributed by atoms with Gasteiger partial charge in [-0.25, -0.2) is 8.42 Å². The zero-order valence-corrected chi connectivity index (χ0v) is 13.8. The Bertz CT molecular complexity index is 692. The zero-order chi connectivity index (χ0) is 15.5. The van der Waals surface area contributed by atoms with Crippen LogP contribution in [0.15, 0.2) is 11.1 Å². The summed E-state index contributed by atoms with van der Waals surface area (Å²) in [5.74, 6) is 0.617. The fourth-order valence-corrected chi connectivity index (χ4v) is 6.15. The van der Waals surface area contributed by atoms with Crippen molar-refractivity contribution in [3.63, 3.8) is 0 Å². The van der Waals surface area contributed by atoms with Crippen LogP contribution < -0.4 is 5.73 Å². The van der Waals surface area contributed by atoms with Gasteiger partial charge in [0.05, 0.1) is 5.69 Å². The molecule has 0 spiro atoms. The number of nitrogens with two attached hydrogens (primary N) is 1. The average Bonchev–Trinajstić information content (AvgIpc) is 3.13. The van der Waals surface area contributed by atoms with E-state index in [4.69, 9.17) is 5.73 Å². The van der Waals surface area contributed by atoms with E-state index >= 15 is 0 Å². The summed E-state index contributed by atoms with van der Waals surface area (Å²) in [4.78, 5) is 0.409. The number of hydrogen-bond acceptors (Lipinski definition) is 4. The molecular formula is C15H24N4O2S. The molecule has 4 rings (SSSR count). The smallest absolute Gasteiger partial charge is 0.246 e. The Hall–Kier alpha value is -0.920. The second kappa shape index (κ2) is 4.79. The molecule has 0 radical (unpaired) electrons. The maximum atomic E-state index is 13.1. The SMILES string of the molecule is Cn1cc(S(=O)(=O)N2C[C@@H]3CC[C@]3(N)C2)c(C2CCCC2)n1. The highest BCUT2D eigenvalue weighted by Crippen LogP contribution is 2.45. The Balaban J connectivity index is 1.68. The summed E-state index contributed by atoms with van der Waals surface area (Å²) in [5.41, 5.74) is 6.79. The van der Waals surface area contributed by atoms with Gasteiger partial charge in [-0.1, -0.05) is 12.8 Å². The summed E-state index contributed by atoms with van der Waals surface area (Å²) in [7, 11) is -1.68. The van der Waals surface area contributed by atoms with E-state index in [2.05, 4.69) is 5.10 Å². The summed E-state index contributed by atoms with van der Waals surface area (Å²) >= 11 is 0. The average molecular weight is 324 g/mol. The predicted molar refractivity (Wildman–Crippen MR) is 82.8 cm³/mol. The van der Waals surface area contributed by atoms with E-state index < -0.39 is 10.0 Å². The molecule has 0 aromatic carbocycles. The normalized spacial score (nSPS) is 33.1. The quantitative estimate of drug-likeness (QED) is 0.905. The van der Waals surface area contributed by atoms with Crippen LogP contribution in [0, 0.1) is 5.92 Å². The maximum Gasteiger partial charge on any atom is 0.246 e. The highest BCUT2D eigenvalue weighted by molar-refractivity contribution is 7.89. The molecular weight excluding hydrogens is 300 g/mol. The van der Waals surface area contributed by atoms with E-state index in [0.29, 0.717) is 23.9 Å². The highest BCUT2D eigenvalue weighted by atomic mass is 32.2. The van der Waals surface area contributed by atoms with Gasteiger partial charge in [-0.05, 0) is 31.6 Å². The number of nitrogens with zero attached hydrogens (tertiary/aromatic N) is 3. The lowest BCUT2D eigenvalue weighted by atomic mass is 9.70. The molecule has 1 saturated heterocycles. The second-order valence-electron chi connectivity index (χ2n) is 7.30. The van der Waals surface area contributed by atoms with Crippen molar-refractivity contribution >= 4 is 10.0 Å². The minimum Gasteiger partial charge on any atom is -0.324 e. The van der Waals surface area contributed by atoms with Crippen molar-refractivity contribution in [2.75, 3.05) is 13.1 Å². The molecule has 3 aliphatic rings. The third-order valence-corrected chi connectivity index (χ3v) is 7.68. The molecule has 1 aliphatic heterocycles. The van der Waals surface area contributed by atoms with Crippen LogP contribution in [0.1, 0.15) is 50.1 Å². The molecule has 0 unspecified atom stereocenters. The molecule has 1 aromatic rings. The fourth-order valence-electron chi connectivity index (χ4n) is 4.33. The van der Waals surface area contributed by atoms with Crippen molar-refractivity contribution in [2.24, 2.45) is 18.7 Å². The number of aromatic nitrogens is 2. The number of fused-ring (bicyclic) bond motifs is 1. The summed E-state index contributed by atoms with van der Waals surface area (Å²) in [5, 5.41) is 4.48. The molecule has 2 heterocycles. The molecule has 0 amide bonds. The lowest BCUT2D eigenvalue weighted by Crippen LogP contribution is -2.54. The molecule has 0 bridgehead atoms. The molecule has 2 atom stereocenters. The number of sulfonamides is 1. The van der Waals surface area contributed by atoms with Crippen LogP contribution in [-0.2, 0) is 17.1 Å². The van der Waals surface area contributed by atoms with Crippen LogP contribution >= 0.6 is 0 Å². The number of hydrogen-bond donors (Lipinski definition) is 1. The van der Waals surface area contributed by atoms with Gasteiger partial charge in [-0.2, -0.15) is 9.40 Å². The molecule has 122 valence electrons. The largest absolute Gasteiger partial charge is 0.324 e. The lowest BCUT2D eigenvalue weighted by molar-refractivity contribution is 0.189. The second-order valence-corrected chi connectivity index (χ2v) is 9.21. The van der Waals surface area contributed by atoms with Gasteiger partial charge in [-0.15, -0.1) is 0 Å². The first-order chi connectivity index (χ1) is 10.4. The number of aryl methyl sites for hydroxylation is 1. The van der Waals surface area contributed by atoms with Crippen LogP contribution in [0.4, 0.5) is 0 Å². The summed E-state index contributed by atoms with van der Waals surface area (Å²) in [6.07, 6.45) is 8.08. The first-order valence-corrected chi connectivity index (χ1v) is 9.67. The topological polar surface area (TPSA) is 81.2 Å². The van der Waals surface area contributed by atoms with Crippen LogP contribution in [0.2, 0.25) is 0 Å². The van der Waals surface area contributed by atoms with E-state index in [1.165, 1.54) is 12.8 Å². The Kier molecular flexibility index (Phi) is 3.19. The molecule has 22 heavy (non-hydrogen) atoms. The van der Waals surface area contributed by atoms with Gasteiger partial charge in [0.15, 0.2) is 0 Å². The first-order valence-electron chi connectivity index (χ1n) is 8.23. The summed E-state index contributed by atoms with van der Waals surface area (Å²) in [6, 6.07) is 0. The van der Waals surface area contributed by atoms with E-state index in [0.717, 1.165) is 31.4 Å². The molecule has 2 aliphatic carbocycles. The zero-order valence-electron chi connectivity index (χ0n) is 13.0. The van der Waals surface area contributed by atoms with Crippen LogP contribution in [0.3, 0.4) is 0 Å². The van der Waals surface area contributed by atoms with Gasteiger partial charge in [0.1, 0.15) is 4.90 Å². The molecule has 7 heteroatoms. The minimum absolute atomic E-state index is 0.289. The van der Waals surface area contributed by atoms with Crippen LogP contribution in [-0.4, -0.2) is 41.1 Å². The lowest BCUT2D eigenvalue weighted by Gasteiger charge is -2.40. The molecule has 3 fully saturated rings. The van der Waals surface area contributed by atoms with E-state index in [1.54, 1.807) is 22.2 Å². The summed E-state index contributed by atoms with van der Waals surface area (Å²) in [6.45, 7) is 1.02. The monoisotopic (exact) mass is 324 g/mol. The van der Waals surface area contributed by atoms with Gasteiger partial charge >= 0.3 is 0 Å². The van der Waals surface area contributed by atoms with Gasteiger partial charge < -0.3 is 5.73 Å². The maximum absolute atomic E-state index is 13.1.